The van der Waals surface area contributed by atoms with Gasteiger partial charge in [-0.3, -0.25) is 0 Å². The van der Waals surface area contributed by atoms with Crippen LogP contribution < -0.4 is 0 Å². The monoisotopic (exact) mass is 354 g/mol. The summed E-state index contributed by atoms with van der Waals surface area (Å²) in [4.78, 5) is 12.3. The van der Waals surface area contributed by atoms with E-state index in [1.54, 1.807) is 24.5 Å². The van der Waals surface area contributed by atoms with Gasteiger partial charge in [-0.1, -0.05) is 91.0 Å². The third-order valence-electron chi connectivity index (χ3n) is 4.69. The van der Waals surface area contributed by atoms with Crippen molar-refractivity contribution in [3.8, 4) is 0 Å². The minimum absolute atomic E-state index is 0.578. The van der Waals surface area contributed by atoms with E-state index in [1.807, 2.05) is 78.9 Å². The molecule has 1 N–H and O–H groups in total. The molecule has 1 atom stereocenters. The molecule has 0 radical (unpaired) electrons. The number of aliphatic carboxylic acids is 1. The highest BCUT2D eigenvalue weighted by Crippen LogP contribution is 2.42. The van der Waals surface area contributed by atoms with Crippen LogP contribution in [0.4, 0.5) is 0 Å². The molecule has 3 nitrogen and oxygen atoms in total. The SMILES string of the molecule is O=C(O)C1(c2ccccc2)C=C(c2ccccc2)C(c2ccccc2)=CO1. The predicted molar refractivity (Wildman–Crippen MR) is 106 cm³/mol. The summed E-state index contributed by atoms with van der Waals surface area (Å²) in [7, 11) is 0. The van der Waals surface area contributed by atoms with E-state index in [-0.39, 0.29) is 0 Å². The second-order valence-electron chi connectivity index (χ2n) is 6.35. The molecule has 1 aliphatic heterocycles. The van der Waals surface area contributed by atoms with Crippen LogP contribution in [-0.2, 0) is 15.1 Å². The first-order chi connectivity index (χ1) is 13.2. The molecule has 1 aliphatic rings. The molecule has 3 aromatic rings. The average molecular weight is 354 g/mol. The molecule has 1 heterocycles. The first kappa shape index (κ1) is 16.9. The van der Waals surface area contributed by atoms with Crippen LogP contribution in [0, 0.1) is 0 Å². The third kappa shape index (κ3) is 3.04. The minimum Gasteiger partial charge on any atom is -0.478 e. The molecular formula is C24H18O3. The van der Waals surface area contributed by atoms with Crippen LogP contribution in [0.1, 0.15) is 16.7 Å². The van der Waals surface area contributed by atoms with E-state index in [4.69, 9.17) is 4.74 Å². The van der Waals surface area contributed by atoms with Crippen molar-refractivity contribution < 1.29 is 14.6 Å². The Morgan fingerprint density at radius 1 is 0.704 bits per heavy atom. The van der Waals surface area contributed by atoms with Crippen LogP contribution in [0.3, 0.4) is 0 Å². The summed E-state index contributed by atoms with van der Waals surface area (Å²) in [5.74, 6) is -1.05. The Morgan fingerprint density at radius 3 is 1.70 bits per heavy atom. The van der Waals surface area contributed by atoms with Crippen molar-refractivity contribution in [3.63, 3.8) is 0 Å². The van der Waals surface area contributed by atoms with Gasteiger partial charge in [0.05, 0.1) is 6.26 Å². The van der Waals surface area contributed by atoms with Crippen molar-refractivity contribution in [3.05, 3.63) is 120 Å². The smallest absolute Gasteiger partial charge is 0.357 e. The van der Waals surface area contributed by atoms with E-state index in [1.165, 1.54) is 0 Å². The van der Waals surface area contributed by atoms with Gasteiger partial charge in [0, 0.05) is 11.1 Å². The van der Waals surface area contributed by atoms with Crippen LogP contribution in [0.5, 0.6) is 0 Å². The van der Waals surface area contributed by atoms with Gasteiger partial charge in [-0.2, -0.15) is 0 Å². The standard InChI is InChI=1S/C24H18O3/c25-23(26)24(20-14-8-3-9-15-20)16-21(18-10-4-1-5-11-18)22(17-27-24)19-12-6-2-7-13-19/h1-17H,(H,25,26). The third-order valence-corrected chi connectivity index (χ3v) is 4.69. The fourth-order valence-electron chi connectivity index (χ4n) is 3.30. The maximum Gasteiger partial charge on any atom is 0.357 e. The lowest BCUT2D eigenvalue weighted by molar-refractivity contribution is -0.155. The summed E-state index contributed by atoms with van der Waals surface area (Å²) >= 11 is 0. The van der Waals surface area contributed by atoms with Crippen LogP contribution >= 0.6 is 0 Å². The second-order valence-corrected chi connectivity index (χ2v) is 6.35. The quantitative estimate of drug-likeness (QED) is 0.707. The fraction of sp³-hybridized carbons (Fsp3) is 0.0417. The molecule has 0 saturated heterocycles. The Hall–Kier alpha value is -3.59. The van der Waals surface area contributed by atoms with Crippen LogP contribution in [-0.4, -0.2) is 11.1 Å². The highest BCUT2D eigenvalue weighted by Gasteiger charge is 2.43. The zero-order valence-corrected chi connectivity index (χ0v) is 14.6. The van der Waals surface area contributed by atoms with Crippen LogP contribution in [0.2, 0.25) is 0 Å². The first-order valence-electron chi connectivity index (χ1n) is 8.72. The lowest BCUT2D eigenvalue weighted by Gasteiger charge is -2.32. The molecule has 0 spiro atoms. The van der Waals surface area contributed by atoms with E-state index in [0.29, 0.717) is 5.56 Å². The van der Waals surface area contributed by atoms with Crippen molar-refractivity contribution in [1.29, 1.82) is 0 Å². The van der Waals surface area contributed by atoms with Crippen molar-refractivity contribution in [2.75, 3.05) is 0 Å². The summed E-state index contributed by atoms with van der Waals surface area (Å²) in [5, 5.41) is 10.1. The topological polar surface area (TPSA) is 46.5 Å². The number of hydrogen-bond donors (Lipinski definition) is 1. The maximum absolute atomic E-state index is 12.3. The van der Waals surface area contributed by atoms with Crippen molar-refractivity contribution in [1.82, 2.24) is 0 Å². The van der Waals surface area contributed by atoms with Gasteiger partial charge in [0.15, 0.2) is 0 Å². The molecule has 132 valence electrons. The molecule has 0 aliphatic carbocycles. The van der Waals surface area contributed by atoms with Crippen LogP contribution in [0.15, 0.2) is 103 Å². The summed E-state index contributed by atoms with van der Waals surface area (Å²) in [6.07, 6.45) is 3.28. The van der Waals surface area contributed by atoms with Crippen molar-refractivity contribution >= 4 is 17.1 Å². The van der Waals surface area contributed by atoms with Gasteiger partial charge in [-0.25, -0.2) is 4.79 Å². The Kier molecular flexibility index (Phi) is 4.35. The van der Waals surface area contributed by atoms with Crippen molar-refractivity contribution in [2.24, 2.45) is 0 Å². The predicted octanol–water partition coefficient (Wildman–Crippen LogP) is 5.12. The zero-order chi connectivity index (χ0) is 18.7. The Morgan fingerprint density at radius 2 is 1.19 bits per heavy atom. The van der Waals surface area contributed by atoms with E-state index < -0.39 is 11.6 Å². The lowest BCUT2D eigenvalue weighted by Crippen LogP contribution is -2.37. The molecule has 0 aromatic heterocycles. The van der Waals surface area contributed by atoms with Crippen molar-refractivity contribution in [2.45, 2.75) is 5.60 Å². The molecule has 0 fully saturated rings. The summed E-state index contributed by atoms with van der Waals surface area (Å²) in [6, 6.07) is 28.6. The highest BCUT2D eigenvalue weighted by atomic mass is 16.5. The average Bonchev–Trinajstić information content (AvgIpc) is 2.75. The van der Waals surface area contributed by atoms with Crippen LogP contribution in [0.25, 0.3) is 11.1 Å². The lowest BCUT2D eigenvalue weighted by atomic mass is 9.83. The fourth-order valence-corrected chi connectivity index (χ4v) is 3.30. The minimum atomic E-state index is -1.56. The molecular weight excluding hydrogens is 336 g/mol. The van der Waals surface area contributed by atoms with E-state index in [9.17, 15) is 9.90 Å². The number of benzene rings is 3. The second kappa shape index (κ2) is 6.96. The Bertz CT molecular complexity index is 1010. The molecule has 0 amide bonds. The summed E-state index contributed by atoms with van der Waals surface area (Å²) in [6.45, 7) is 0. The largest absolute Gasteiger partial charge is 0.478 e. The number of carboxylic acids is 1. The van der Waals surface area contributed by atoms with Gasteiger partial charge in [-0.05, 0) is 22.8 Å². The number of allylic oxidation sites excluding steroid dienone is 2. The van der Waals surface area contributed by atoms with E-state index >= 15 is 0 Å². The van der Waals surface area contributed by atoms with Gasteiger partial charge in [0.25, 0.3) is 0 Å². The van der Waals surface area contributed by atoms with Gasteiger partial charge < -0.3 is 9.84 Å². The molecule has 3 aromatic carbocycles. The summed E-state index contributed by atoms with van der Waals surface area (Å²) in [5.41, 5.74) is 2.62. The molecule has 4 rings (SSSR count). The van der Waals surface area contributed by atoms with Gasteiger partial charge >= 0.3 is 5.97 Å². The normalized spacial score (nSPS) is 18.8. The van der Waals surface area contributed by atoms with Gasteiger partial charge in [0.2, 0.25) is 5.60 Å². The first-order valence-corrected chi connectivity index (χ1v) is 8.72. The maximum atomic E-state index is 12.3. The van der Waals surface area contributed by atoms with E-state index in [2.05, 4.69) is 0 Å². The molecule has 3 heteroatoms. The summed E-state index contributed by atoms with van der Waals surface area (Å²) < 4.78 is 5.89. The number of rotatable bonds is 4. The highest BCUT2D eigenvalue weighted by molar-refractivity contribution is 6.07. The van der Waals surface area contributed by atoms with Gasteiger partial charge in [0.1, 0.15) is 0 Å². The Balaban J connectivity index is 1.92. The number of carboxylic acid groups (broad SMARTS) is 1. The van der Waals surface area contributed by atoms with Gasteiger partial charge in [-0.15, -0.1) is 0 Å². The Labute approximate surface area is 157 Å². The molecule has 0 saturated carbocycles. The number of hydrogen-bond acceptors (Lipinski definition) is 2. The number of carbonyl (C=O) groups is 1. The zero-order valence-electron chi connectivity index (χ0n) is 14.6. The molecule has 1 unspecified atom stereocenters. The van der Waals surface area contributed by atoms with E-state index in [0.717, 1.165) is 22.3 Å². The molecule has 0 bridgehead atoms. The number of ether oxygens (including phenoxy) is 1. The molecule has 27 heavy (non-hydrogen) atoms.